The number of unbranched alkanes of at least 4 members (excludes halogenated alkanes) is 1. The lowest BCUT2D eigenvalue weighted by Gasteiger charge is -2.13. The molecule has 1 aromatic rings. The molecular formula is C16H22F2O2. The van der Waals surface area contributed by atoms with E-state index in [-0.39, 0.29) is 11.5 Å². The van der Waals surface area contributed by atoms with Gasteiger partial charge >= 0.3 is 6.61 Å². The van der Waals surface area contributed by atoms with Crippen LogP contribution in [0.15, 0.2) is 24.3 Å². The van der Waals surface area contributed by atoms with Gasteiger partial charge in [-0.2, -0.15) is 8.78 Å². The number of hydrogen-bond donors (Lipinski definition) is 0. The van der Waals surface area contributed by atoms with E-state index in [1.807, 2.05) is 0 Å². The molecule has 0 aliphatic carbocycles. The number of ketones is 1. The van der Waals surface area contributed by atoms with E-state index in [4.69, 9.17) is 0 Å². The van der Waals surface area contributed by atoms with E-state index in [0.717, 1.165) is 25.7 Å². The average Bonchev–Trinajstić information content (AvgIpc) is 2.43. The Bertz CT molecular complexity index is 401. The summed E-state index contributed by atoms with van der Waals surface area (Å²) in [7, 11) is 0. The van der Waals surface area contributed by atoms with Crippen LogP contribution in [-0.2, 0) is 0 Å². The van der Waals surface area contributed by atoms with E-state index >= 15 is 0 Å². The third kappa shape index (κ3) is 5.68. The molecule has 0 N–H and O–H groups in total. The summed E-state index contributed by atoms with van der Waals surface area (Å²) in [6.07, 6.45) is 4.83. The van der Waals surface area contributed by atoms with Crippen LogP contribution in [0.5, 0.6) is 5.75 Å². The van der Waals surface area contributed by atoms with Crippen LogP contribution in [0.1, 0.15) is 56.3 Å². The fraction of sp³-hybridized carbons (Fsp3) is 0.562. The van der Waals surface area contributed by atoms with Gasteiger partial charge in [-0.1, -0.05) is 39.5 Å². The molecule has 4 heteroatoms. The summed E-state index contributed by atoms with van der Waals surface area (Å²) < 4.78 is 28.3. The van der Waals surface area contributed by atoms with Gasteiger partial charge in [0.2, 0.25) is 0 Å². The number of rotatable bonds is 9. The van der Waals surface area contributed by atoms with Crippen molar-refractivity contribution < 1.29 is 18.3 Å². The fourth-order valence-corrected chi connectivity index (χ4v) is 2.15. The lowest BCUT2D eigenvalue weighted by Crippen LogP contribution is -2.08. The molecule has 0 aliphatic heterocycles. The number of benzene rings is 1. The van der Waals surface area contributed by atoms with E-state index in [1.54, 1.807) is 12.1 Å². The van der Waals surface area contributed by atoms with Crippen LogP contribution < -0.4 is 4.74 Å². The standard InChI is InChI=1S/C16H22F2O2/c1-3-5-6-12(4-2)11-15(19)13-7-9-14(10-8-13)20-16(17)18/h7-10,12,16H,3-6,11H2,1-2H3. The van der Waals surface area contributed by atoms with Crippen LogP contribution in [0.25, 0.3) is 0 Å². The Kier molecular flexibility index (Phi) is 7.20. The Morgan fingerprint density at radius 2 is 1.85 bits per heavy atom. The number of carbonyl (C=O) groups excluding carboxylic acids is 1. The predicted octanol–water partition coefficient (Wildman–Crippen LogP) is 5.08. The fourth-order valence-electron chi connectivity index (χ4n) is 2.15. The van der Waals surface area contributed by atoms with E-state index < -0.39 is 6.61 Å². The molecule has 0 spiro atoms. The van der Waals surface area contributed by atoms with Crippen LogP contribution in [-0.4, -0.2) is 12.4 Å². The van der Waals surface area contributed by atoms with Gasteiger partial charge in [-0.25, -0.2) is 0 Å². The first-order valence-corrected chi connectivity index (χ1v) is 7.14. The molecule has 0 radical (unpaired) electrons. The highest BCUT2D eigenvalue weighted by Gasteiger charge is 2.14. The molecule has 0 fully saturated rings. The van der Waals surface area contributed by atoms with E-state index in [9.17, 15) is 13.6 Å². The topological polar surface area (TPSA) is 26.3 Å². The van der Waals surface area contributed by atoms with Crippen molar-refractivity contribution in [2.24, 2.45) is 5.92 Å². The third-order valence-electron chi connectivity index (χ3n) is 3.42. The van der Waals surface area contributed by atoms with Crippen molar-refractivity contribution in [1.82, 2.24) is 0 Å². The zero-order chi connectivity index (χ0) is 15.0. The highest BCUT2D eigenvalue weighted by atomic mass is 19.3. The van der Waals surface area contributed by atoms with Gasteiger partial charge < -0.3 is 4.74 Å². The molecule has 20 heavy (non-hydrogen) atoms. The molecule has 1 atom stereocenters. The molecule has 1 rings (SSSR count). The van der Waals surface area contributed by atoms with Gasteiger partial charge in [0.15, 0.2) is 5.78 Å². The lowest BCUT2D eigenvalue weighted by molar-refractivity contribution is -0.0498. The highest BCUT2D eigenvalue weighted by Crippen LogP contribution is 2.21. The number of alkyl halides is 2. The van der Waals surface area contributed by atoms with Crippen molar-refractivity contribution in [2.75, 3.05) is 0 Å². The average molecular weight is 284 g/mol. The summed E-state index contributed by atoms with van der Waals surface area (Å²) in [6, 6.07) is 5.91. The van der Waals surface area contributed by atoms with Gasteiger partial charge in [0.1, 0.15) is 5.75 Å². The minimum atomic E-state index is -2.84. The molecule has 2 nitrogen and oxygen atoms in total. The Morgan fingerprint density at radius 3 is 2.35 bits per heavy atom. The molecule has 112 valence electrons. The third-order valence-corrected chi connectivity index (χ3v) is 3.42. The minimum absolute atomic E-state index is 0.0663. The first-order valence-electron chi connectivity index (χ1n) is 7.14. The maximum absolute atomic E-state index is 12.1. The number of ether oxygens (including phenoxy) is 1. The monoisotopic (exact) mass is 284 g/mol. The second kappa shape index (κ2) is 8.67. The Morgan fingerprint density at radius 1 is 1.20 bits per heavy atom. The summed E-state index contributed by atoms with van der Waals surface area (Å²) in [5.41, 5.74) is 0.557. The van der Waals surface area contributed by atoms with Crippen molar-refractivity contribution in [3.05, 3.63) is 29.8 Å². The number of halogens is 2. The maximum Gasteiger partial charge on any atom is 0.387 e. The normalized spacial score (nSPS) is 12.4. The molecule has 1 aromatic carbocycles. The molecule has 0 amide bonds. The molecule has 0 aromatic heterocycles. The first-order chi connectivity index (χ1) is 9.56. The van der Waals surface area contributed by atoms with Crippen molar-refractivity contribution in [1.29, 1.82) is 0 Å². The van der Waals surface area contributed by atoms with Gasteiger partial charge in [0.05, 0.1) is 0 Å². The Balaban J connectivity index is 2.58. The number of Topliss-reactive ketones (excluding diaryl/α,β-unsaturated/α-hetero) is 1. The Hall–Kier alpha value is -1.45. The van der Waals surface area contributed by atoms with Gasteiger partial charge in [0, 0.05) is 12.0 Å². The number of carbonyl (C=O) groups is 1. The molecule has 0 heterocycles. The molecule has 0 bridgehead atoms. The van der Waals surface area contributed by atoms with Crippen LogP contribution in [0, 0.1) is 5.92 Å². The van der Waals surface area contributed by atoms with Crippen molar-refractivity contribution in [2.45, 2.75) is 52.6 Å². The summed E-state index contributed by atoms with van der Waals surface area (Å²) >= 11 is 0. The van der Waals surface area contributed by atoms with Gasteiger partial charge in [-0.3, -0.25) is 4.79 Å². The molecule has 0 saturated carbocycles. The largest absolute Gasteiger partial charge is 0.435 e. The minimum Gasteiger partial charge on any atom is -0.435 e. The summed E-state index contributed by atoms with van der Waals surface area (Å²) in [4.78, 5) is 12.1. The van der Waals surface area contributed by atoms with Crippen LogP contribution >= 0.6 is 0 Å². The van der Waals surface area contributed by atoms with Gasteiger partial charge in [-0.15, -0.1) is 0 Å². The van der Waals surface area contributed by atoms with Crippen molar-refractivity contribution >= 4 is 5.78 Å². The zero-order valence-corrected chi connectivity index (χ0v) is 12.1. The Labute approximate surface area is 119 Å². The quantitative estimate of drug-likeness (QED) is 0.591. The second-order valence-electron chi connectivity index (χ2n) is 4.95. The van der Waals surface area contributed by atoms with Crippen LogP contribution in [0.2, 0.25) is 0 Å². The van der Waals surface area contributed by atoms with E-state index in [0.29, 0.717) is 17.9 Å². The smallest absolute Gasteiger partial charge is 0.387 e. The highest BCUT2D eigenvalue weighted by molar-refractivity contribution is 5.96. The zero-order valence-electron chi connectivity index (χ0n) is 12.1. The summed E-state index contributed by atoms with van der Waals surface area (Å²) in [5, 5.41) is 0. The van der Waals surface area contributed by atoms with Gasteiger partial charge in [0.25, 0.3) is 0 Å². The molecular weight excluding hydrogens is 262 g/mol. The molecule has 1 unspecified atom stereocenters. The van der Waals surface area contributed by atoms with E-state index in [1.165, 1.54) is 12.1 Å². The number of hydrogen-bond acceptors (Lipinski definition) is 2. The first kappa shape index (κ1) is 16.6. The maximum atomic E-state index is 12.1. The molecule has 0 aliphatic rings. The summed E-state index contributed by atoms with van der Waals surface area (Å²) in [6.45, 7) is 1.39. The van der Waals surface area contributed by atoms with Crippen molar-refractivity contribution in [3.63, 3.8) is 0 Å². The van der Waals surface area contributed by atoms with Crippen molar-refractivity contribution in [3.8, 4) is 5.75 Å². The molecule has 0 saturated heterocycles. The summed E-state index contributed by atoms with van der Waals surface area (Å²) in [5.74, 6) is 0.547. The predicted molar refractivity (Wildman–Crippen MR) is 75.3 cm³/mol. The SMILES string of the molecule is CCCCC(CC)CC(=O)c1ccc(OC(F)F)cc1. The lowest BCUT2D eigenvalue weighted by atomic mass is 9.91. The van der Waals surface area contributed by atoms with Crippen LogP contribution in [0.4, 0.5) is 8.78 Å². The van der Waals surface area contributed by atoms with E-state index in [2.05, 4.69) is 18.6 Å². The van der Waals surface area contributed by atoms with Crippen LogP contribution in [0.3, 0.4) is 0 Å². The van der Waals surface area contributed by atoms with Gasteiger partial charge in [-0.05, 0) is 30.2 Å². The second-order valence-corrected chi connectivity index (χ2v) is 4.95.